The molecular weight excluding hydrogens is 394 g/mol. The molecule has 0 spiro atoms. The van der Waals surface area contributed by atoms with Crippen LogP contribution in [-0.4, -0.2) is 25.1 Å². The van der Waals surface area contributed by atoms with E-state index in [9.17, 15) is 9.59 Å². The number of carbonyl (C=O) groups excluding carboxylic acids is 2. The fourth-order valence-corrected chi connectivity index (χ4v) is 2.76. The van der Waals surface area contributed by atoms with E-state index in [0.717, 1.165) is 11.1 Å². The minimum Gasteiger partial charge on any atom is -0.493 e. The maximum atomic E-state index is 12.2. The summed E-state index contributed by atoms with van der Waals surface area (Å²) in [6, 6.07) is 21.8. The van der Waals surface area contributed by atoms with Crippen LogP contribution in [0, 0.1) is 0 Å². The van der Waals surface area contributed by atoms with Crippen molar-refractivity contribution < 1.29 is 19.1 Å². The number of hydrogen-bond acceptors (Lipinski definition) is 5. The summed E-state index contributed by atoms with van der Waals surface area (Å²) in [5, 5.41) is 6.64. The summed E-state index contributed by atoms with van der Waals surface area (Å²) in [6.45, 7) is 1.85. The molecule has 7 nitrogen and oxygen atoms in total. The number of carbonyl (C=O) groups is 2. The van der Waals surface area contributed by atoms with Gasteiger partial charge in [-0.1, -0.05) is 30.3 Å². The van der Waals surface area contributed by atoms with E-state index in [2.05, 4.69) is 15.8 Å². The van der Waals surface area contributed by atoms with Crippen LogP contribution in [0.4, 0.5) is 5.69 Å². The summed E-state index contributed by atoms with van der Waals surface area (Å²) in [5.41, 5.74) is 5.32. The monoisotopic (exact) mass is 417 g/mol. The van der Waals surface area contributed by atoms with E-state index in [4.69, 9.17) is 9.47 Å². The van der Waals surface area contributed by atoms with Gasteiger partial charge in [-0.3, -0.25) is 9.59 Å². The average Bonchev–Trinajstić information content (AvgIpc) is 2.78. The van der Waals surface area contributed by atoms with Gasteiger partial charge in [-0.05, 0) is 53.6 Å². The first kappa shape index (κ1) is 21.6. The number of rotatable bonds is 8. The van der Waals surface area contributed by atoms with Crippen molar-refractivity contribution in [2.24, 2.45) is 5.10 Å². The maximum absolute atomic E-state index is 12.2. The molecule has 0 radical (unpaired) electrons. The summed E-state index contributed by atoms with van der Waals surface area (Å²) in [6.07, 6.45) is 1.52. The van der Waals surface area contributed by atoms with Crippen LogP contribution in [-0.2, 0) is 11.4 Å². The van der Waals surface area contributed by atoms with Crippen LogP contribution >= 0.6 is 0 Å². The Kier molecular flexibility index (Phi) is 7.37. The van der Waals surface area contributed by atoms with Crippen LogP contribution < -0.4 is 20.2 Å². The predicted molar refractivity (Wildman–Crippen MR) is 120 cm³/mol. The summed E-state index contributed by atoms with van der Waals surface area (Å²) in [4.78, 5) is 23.3. The number of amides is 2. The van der Waals surface area contributed by atoms with Crippen molar-refractivity contribution in [3.8, 4) is 11.5 Å². The quantitative estimate of drug-likeness (QED) is 0.428. The molecular formula is C24H23N3O4. The molecule has 3 aromatic rings. The molecule has 0 saturated carbocycles. The highest BCUT2D eigenvalue weighted by molar-refractivity contribution is 5.96. The number of nitrogens with zero attached hydrogens (tertiary/aromatic N) is 1. The van der Waals surface area contributed by atoms with Gasteiger partial charge >= 0.3 is 0 Å². The summed E-state index contributed by atoms with van der Waals surface area (Å²) >= 11 is 0. The van der Waals surface area contributed by atoms with Crippen molar-refractivity contribution in [3.05, 3.63) is 89.5 Å². The van der Waals surface area contributed by atoms with Crippen LogP contribution in [0.25, 0.3) is 0 Å². The van der Waals surface area contributed by atoms with E-state index in [1.165, 1.54) is 13.1 Å². The first-order valence-electron chi connectivity index (χ1n) is 9.61. The van der Waals surface area contributed by atoms with Crippen molar-refractivity contribution in [1.82, 2.24) is 5.43 Å². The Balaban J connectivity index is 1.58. The number of methoxy groups -OCH3 is 1. The van der Waals surface area contributed by atoms with Gasteiger partial charge in [0.1, 0.15) is 6.61 Å². The number of nitrogens with one attached hydrogen (secondary N) is 2. The van der Waals surface area contributed by atoms with E-state index in [1.807, 2.05) is 36.4 Å². The highest BCUT2D eigenvalue weighted by Gasteiger charge is 2.07. The number of ether oxygens (including phenoxy) is 2. The molecule has 0 unspecified atom stereocenters. The second-order valence-electron chi connectivity index (χ2n) is 6.64. The van der Waals surface area contributed by atoms with Gasteiger partial charge in [0.15, 0.2) is 11.5 Å². The van der Waals surface area contributed by atoms with Gasteiger partial charge in [0.25, 0.3) is 5.91 Å². The Morgan fingerprint density at radius 3 is 2.39 bits per heavy atom. The van der Waals surface area contributed by atoms with Crippen LogP contribution in [0.15, 0.2) is 77.9 Å². The van der Waals surface area contributed by atoms with Gasteiger partial charge in [-0.2, -0.15) is 5.10 Å². The molecule has 0 aliphatic carbocycles. The molecule has 0 heterocycles. The molecule has 0 saturated heterocycles. The van der Waals surface area contributed by atoms with Gasteiger partial charge in [-0.25, -0.2) is 5.43 Å². The largest absolute Gasteiger partial charge is 0.493 e. The Bertz CT molecular complexity index is 1060. The Morgan fingerprint density at radius 2 is 1.71 bits per heavy atom. The summed E-state index contributed by atoms with van der Waals surface area (Å²) in [7, 11) is 1.57. The zero-order chi connectivity index (χ0) is 22.1. The zero-order valence-electron chi connectivity index (χ0n) is 17.3. The molecule has 0 aromatic heterocycles. The molecule has 0 bridgehead atoms. The minimum atomic E-state index is -0.361. The number of anilines is 1. The molecule has 0 aliphatic heterocycles. The van der Waals surface area contributed by atoms with Crippen LogP contribution in [0.2, 0.25) is 0 Å². The van der Waals surface area contributed by atoms with Gasteiger partial charge in [0.2, 0.25) is 5.91 Å². The molecule has 0 atom stereocenters. The number of hydrogen-bond donors (Lipinski definition) is 2. The first-order chi connectivity index (χ1) is 15.0. The Hall–Kier alpha value is -4.13. The van der Waals surface area contributed by atoms with Crippen molar-refractivity contribution in [3.63, 3.8) is 0 Å². The highest BCUT2D eigenvalue weighted by Crippen LogP contribution is 2.28. The second kappa shape index (κ2) is 10.6. The lowest BCUT2D eigenvalue weighted by atomic mass is 10.2. The van der Waals surface area contributed by atoms with Crippen molar-refractivity contribution in [2.75, 3.05) is 12.4 Å². The Labute approximate surface area is 180 Å². The molecule has 0 fully saturated rings. The third-order valence-electron chi connectivity index (χ3n) is 4.27. The van der Waals surface area contributed by atoms with Gasteiger partial charge in [0, 0.05) is 18.2 Å². The highest BCUT2D eigenvalue weighted by atomic mass is 16.5. The smallest absolute Gasteiger partial charge is 0.271 e. The van der Waals surface area contributed by atoms with Crippen molar-refractivity contribution in [2.45, 2.75) is 13.5 Å². The molecule has 158 valence electrons. The van der Waals surface area contributed by atoms with E-state index in [-0.39, 0.29) is 11.8 Å². The SMILES string of the molecule is COc1cc(/C=N\NC(=O)c2ccc(NC(C)=O)cc2)ccc1OCc1ccccc1. The second-order valence-corrected chi connectivity index (χ2v) is 6.64. The molecule has 3 aromatic carbocycles. The fourth-order valence-electron chi connectivity index (χ4n) is 2.76. The topological polar surface area (TPSA) is 89.0 Å². The molecule has 7 heteroatoms. The number of benzene rings is 3. The molecule has 0 aliphatic rings. The summed E-state index contributed by atoms with van der Waals surface area (Å²) < 4.78 is 11.2. The molecule has 2 N–H and O–H groups in total. The predicted octanol–water partition coefficient (Wildman–Crippen LogP) is 4.00. The van der Waals surface area contributed by atoms with E-state index >= 15 is 0 Å². The van der Waals surface area contributed by atoms with E-state index in [0.29, 0.717) is 29.4 Å². The molecule has 3 rings (SSSR count). The van der Waals surface area contributed by atoms with Crippen LogP contribution in [0.1, 0.15) is 28.4 Å². The van der Waals surface area contributed by atoms with Crippen LogP contribution in [0.3, 0.4) is 0 Å². The standard InChI is InChI=1S/C24H23N3O4/c1-17(28)26-21-11-9-20(10-12-21)24(29)27-25-15-19-8-13-22(23(14-19)30-2)31-16-18-6-4-3-5-7-18/h3-15H,16H2,1-2H3,(H,26,28)(H,27,29)/b25-15-. The lowest BCUT2D eigenvalue weighted by Gasteiger charge is -2.11. The first-order valence-corrected chi connectivity index (χ1v) is 9.61. The Morgan fingerprint density at radius 1 is 0.968 bits per heavy atom. The minimum absolute atomic E-state index is 0.172. The molecule has 31 heavy (non-hydrogen) atoms. The summed E-state index contributed by atoms with van der Waals surface area (Å²) in [5.74, 6) is 0.653. The van der Waals surface area contributed by atoms with Gasteiger partial charge in [-0.15, -0.1) is 0 Å². The van der Waals surface area contributed by atoms with Gasteiger partial charge in [0.05, 0.1) is 13.3 Å². The van der Waals surface area contributed by atoms with E-state index < -0.39 is 0 Å². The zero-order valence-corrected chi connectivity index (χ0v) is 17.3. The lowest BCUT2D eigenvalue weighted by molar-refractivity contribution is -0.114. The molecule has 2 amide bonds. The maximum Gasteiger partial charge on any atom is 0.271 e. The van der Waals surface area contributed by atoms with Gasteiger partial charge < -0.3 is 14.8 Å². The number of hydrazone groups is 1. The van der Waals surface area contributed by atoms with Crippen molar-refractivity contribution in [1.29, 1.82) is 0 Å². The lowest BCUT2D eigenvalue weighted by Crippen LogP contribution is -2.17. The van der Waals surface area contributed by atoms with E-state index in [1.54, 1.807) is 43.5 Å². The van der Waals surface area contributed by atoms with Crippen molar-refractivity contribution >= 4 is 23.7 Å². The normalized spacial score (nSPS) is 10.5. The average molecular weight is 417 g/mol. The third-order valence-corrected chi connectivity index (χ3v) is 4.27. The third kappa shape index (κ3) is 6.43. The van der Waals surface area contributed by atoms with Crippen LogP contribution in [0.5, 0.6) is 11.5 Å². The fraction of sp³-hybridized carbons (Fsp3) is 0.125.